The molecule has 166 valence electrons. The average Bonchev–Trinajstić information content (AvgIpc) is 2.72. The van der Waals surface area contributed by atoms with Crippen molar-refractivity contribution in [2.75, 3.05) is 35.3 Å². The highest BCUT2D eigenvalue weighted by atomic mass is 19.2. The lowest BCUT2D eigenvalue weighted by Crippen LogP contribution is -2.50. The van der Waals surface area contributed by atoms with Gasteiger partial charge in [-0.2, -0.15) is 0 Å². The average molecular weight is 434 g/mol. The summed E-state index contributed by atoms with van der Waals surface area (Å²) in [5, 5.41) is 3.32. The van der Waals surface area contributed by atoms with Crippen LogP contribution in [0, 0.1) is 23.4 Å². The molecule has 4 rings (SSSR count). The lowest BCUT2D eigenvalue weighted by atomic mass is 9.82. The van der Waals surface area contributed by atoms with Crippen LogP contribution in [0.15, 0.2) is 24.4 Å². The van der Waals surface area contributed by atoms with Crippen molar-refractivity contribution in [3.05, 3.63) is 41.8 Å². The number of benzene rings is 1. The Morgan fingerprint density at radius 3 is 2.48 bits per heavy atom. The molecule has 9 heteroatoms. The van der Waals surface area contributed by atoms with Crippen molar-refractivity contribution in [3.8, 4) is 5.75 Å². The number of carbonyl (C=O) groups is 1. The maximum Gasteiger partial charge on any atom is 0.249 e. The number of rotatable bonds is 6. The van der Waals surface area contributed by atoms with E-state index in [-0.39, 0.29) is 23.8 Å². The molecule has 1 aliphatic carbocycles. The van der Waals surface area contributed by atoms with Crippen molar-refractivity contribution >= 4 is 23.1 Å². The Morgan fingerprint density at radius 2 is 1.84 bits per heavy atom. The molecule has 2 heterocycles. The number of anilines is 3. The Labute approximate surface area is 179 Å². The predicted molar refractivity (Wildman–Crippen MR) is 112 cm³/mol. The minimum Gasteiger partial charge on any atom is -0.490 e. The fourth-order valence-corrected chi connectivity index (χ4v) is 4.05. The lowest BCUT2D eigenvalue weighted by Gasteiger charge is -2.39. The van der Waals surface area contributed by atoms with Crippen LogP contribution in [0.3, 0.4) is 0 Å². The quantitative estimate of drug-likeness (QED) is 0.698. The van der Waals surface area contributed by atoms with Gasteiger partial charge in [0, 0.05) is 38.3 Å². The number of hydrogen-bond acceptors (Lipinski definition) is 5. The largest absolute Gasteiger partial charge is 0.490 e. The van der Waals surface area contributed by atoms with E-state index in [1.807, 2.05) is 31.9 Å². The molecule has 31 heavy (non-hydrogen) atoms. The van der Waals surface area contributed by atoms with Gasteiger partial charge in [0.05, 0.1) is 23.7 Å². The SMILES string of the molecule is CCN1C(=O)[C@@H](C)N(C)c2cc(NC[C@H]3C[C@@H](Oc4cc(F)c(F)c(F)c4)C3)ncc21. The highest BCUT2D eigenvalue weighted by Gasteiger charge is 2.34. The molecule has 1 aromatic heterocycles. The maximum absolute atomic E-state index is 13.3. The van der Waals surface area contributed by atoms with Crippen molar-refractivity contribution in [3.63, 3.8) is 0 Å². The number of hydrogen-bond donors (Lipinski definition) is 1. The molecule has 0 unspecified atom stereocenters. The summed E-state index contributed by atoms with van der Waals surface area (Å²) in [7, 11) is 1.90. The monoisotopic (exact) mass is 434 g/mol. The third kappa shape index (κ3) is 4.00. The number of amides is 1. The second kappa shape index (κ2) is 8.28. The van der Waals surface area contributed by atoms with Gasteiger partial charge in [-0.3, -0.25) is 4.79 Å². The normalized spacial score (nSPS) is 22.8. The molecule has 1 aliphatic heterocycles. The standard InChI is InChI=1S/C22H25F3N4O2/c1-4-29-19-11-27-20(9-18(19)28(3)12(2)22(29)30)26-10-13-5-14(6-13)31-15-7-16(23)21(25)17(24)8-15/h7-9,11-14H,4-6,10H2,1-3H3,(H,26,27)/t12-,13-,14+/m1/s1. The van der Waals surface area contributed by atoms with Gasteiger partial charge in [-0.15, -0.1) is 0 Å². The summed E-state index contributed by atoms with van der Waals surface area (Å²) in [6.07, 6.45) is 2.98. The van der Waals surface area contributed by atoms with Crippen LogP contribution >= 0.6 is 0 Å². The van der Waals surface area contributed by atoms with Gasteiger partial charge in [-0.05, 0) is 32.6 Å². The van der Waals surface area contributed by atoms with Crippen LogP contribution < -0.4 is 19.9 Å². The molecule has 0 spiro atoms. The molecular weight excluding hydrogens is 409 g/mol. The zero-order valence-electron chi connectivity index (χ0n) is 17.7. The van der Waals surface area contributed by atoms with E-state index in [0.717, 1.165) is 29.3 Å². The van der Waals surface area contributed by atoms with Gasteiger partial charge in [-0.25, -0.2) is 18.2 Å². The lowest BCUT2D eigenvalue weighted by molar-refractivity contribution is -0.119. The number of ether oxygens (including phenoxy) is 1. The van der Waals surface area contributed by atoms with Crippen LogP contribution in [0.4, 0.5) is 30.4 Å². The first-order valence-corrected chi connectivity index (χ1v) is 10.4. The summed E-state index contributed by atoms with van der Waals surface area (Å²) in [5.74, 6) is -2.91. The van der Waals surface area contributed by atoms with E-state index in [2.05, 4.69) is 10.3 Å². The van der Waals surface area contributed by atoms with Gasteiger partial charge in [0.15, 0.2) is 17.5 Å². The number of aromatic nitrogens is 1. The van der Waals surface area contributed by atoms with Crippen molar-refractivity contribution in [1.82, 2.24) is 4.98 Å². The van der Waals surface area contributed by atoms with Crippen LogP contribution in [0.2, 0.25) is 0 Å². The van der Waals surface area contributed by atoms with Gasteiger partial charge < -0.3 is 19.9 Å². The summed E-state index contributed by atoms with van der Waals surface area (Å²) in [4.78, 5) is 20.6. The second-order valence-corrected chi connectivity index (χ2v) is 8.09. The highest BCUT2D eigenvalue weighted by Crippen LogP contribution is 2.37. The molecule has 1 aromatic carbocycles. The molecule has 1 amide bonds. The molecule has 0 bridgehead atoms. The number of pyridine rings is 1. The van der Waals surface area contributed by atoms with Crippen molar-refractivity contribution < 1.29 is 22.7 Å². The van der Waals surface area contributed by atoms with Gasteiger partial charge in [0.2, 0.25) is 5.91 Å². The highest BCUT2D eigenvalue weighted by molar-refractivity contribution is 6.05. The van der Waals surface area contributed by atoms with Gasteiger partial charge >= 0.3 is 0 Å². The molecular formula is C22H25F3N4O2. The molecule has 6 nitrogen and oxygen atoms in total. The summed E-state index contributed by atoms with van der Waals surface area (Å²) in [6.45, 7) is 5.09. The summed E-state index contributed by atoms with van der Waals surface area (Å²) >= 11 is 0. The number of halogens is 3. The van der Waals surface area contributed by atoms with Gasteiger partial charge in [-0.1, -0.05) is 0 Å². The molecule has 0 saturated heterocycles. The number of nitrogens with zero attached hydrogens (tertiary/aromatic N) is 3. The van der Waals surface area contributed by atoms with Crippen LogP contribution in [0.5, 0.6) is 5.75 Å². The Kier molecular flexibility index (Phi) is 5.68. The number of likely N-dealkylation sites (N-methyl/N-ethyl adjacent to an activating group) is 2. The van der Waals surface area contributed by atoms with E-state index in [4.69, 9.17) is 4.74 Å². The third-order valence-electron chi connectivity index (χ3n) is 6.08. The molecule has 2 aliphatic rings. The zero-order chi connectivity index (χ0) is 22.3. The molecule has 1 atom stereocenters. The van der Waals surface area contributed by atoms with E-state index in [1.54, 1.807) is 11.1 Å². The van der Waals surface area contributed by atoms with Crippen molar-refractivity contribution in [2.45, 2.75) is 38.8 Å². The van der Waals surface area contributed by atoms with E-state index in [1.165, 1.54) is 0 Å². The minimum absolute atomic E-state index is 0.00338. The molecule has 0 radical (unpaired) electrons. The zero-order valence-corrected chi connectivity index (χ0v) is 17.7. The van der Waals surface area contributed by atoms with E-state index >= 15 is 0 Å². The number of fused-ring (bicyclic) bond motifs is 1. The van der Waals surface area contributed by atoms with Crippen LogP contribution in [-0.2, 0) is 4.79 Å². The molecule has 1 saturated carbocycles. The summed E-state index contributed by atoms with van der Waals surface area (Å²) in [5.41, 5.74) is 1.75. The van der Waals surface area contributed by atoms with E-state index in [0.29, 0.717) is 31.8 Å². The first-order valence-electron chi connectivity index (χ1n) is 10.4. The van der Waals surface area contributed by atoms with Crippen molar-refractivity contribution in [1.29, 1.82) is 0 Å². The van der Waals surface area contributed by atoms with E-state index < -0.39 is 17.5 Å². The molecule has 1 fully saturated rings. The van der Waals surface area contributed by atoms with Crippen molar-refractivity contribution in [2.24, 2.45) is 5.92 Å². The first kappa shape index (κ1) is 21.3. The topological polar surface area (TPSA) is 57.7 Å². The molecule has 1 N–H and O–H groups in total. The summed E-state index contributed by atoms with van der Waals surface area (Å²) in [6, 6.07) is 3.43. The first-order chi connectivity index (χ1) is 14.8. The molecule has 2 aromatic rings. The third-order valence-corrected chi connectivity index (χ3v) is 6.08. The Morgan fingerprint density at radius 1 is 1.16 bits per heavy atom. The fourth-order valence-electron chi connectivity index (χ4n) is 4.05. The van der Waals surface area contributed by atoms with Gasteiger partial charge in [0.1, 0.15) is 17.6 Å². The van der Waals surface area contributed by atoms with E-state index in [9.17, 15) is 18.0 Å². The number of nitrogens with one attached hydrogen (secondary N) is 1. The Hall–Kier alpha value is -2.97. The fraction of sp³-hybridized carbons (Fsp3) is 0.455. The van der Waals surface area contributed by atoms with Crippen LogP contribution in [0.25, 0.3) is 0 Å². The van der Waals surface area contributed by atoms with Crippen LogP contribution in [-0.4, -0.2) is 43.2 Å². The summed E-state index contributed by atoms with van der Waals surface area (Å²) < 4.78 is 45.2. The van der Waals surface area contributed by atoms with Gasteiger partial charge in [0.25, 0.3) is 0 Å². The number of carbonyl (C=O) groups excluding carboxylic acids is 1. The Balaban J connectivity index is 1.33. The maximum atomic E-state index is 13.3. The second-order valence-electron chi connectivity index (χ2n) is 8.09. The Bertz CT molecular complexity index is 974. The minimum atomic E-state index is -1.49. The van der Waals surface area contributed by atoms with Crippen LogP contribution in [0.1, 0.15) is 26.7 Å². The predicted octanol–water partition coefficient (Wildman–Crippen LogP) is 3.96. The smallest absolute Gasteiger partial charge is 0.249 e.